The lowest BCUT2D eigenvalue weighted by Gasteiger charge is -2.12. The number of hydrogen-bond acceptors (Lipinski definition) is 6. The van der Waals surface area contributed by atoms with Gasteiger partial charge in [-0.05, 0) is 24.3 Å². The van der Waals surface area contributed by atoms with Crippen molar-refractivity contribution in [3.8, 4) is 24.0 Å². The normalized spacial score (nSPS) is 9.00. The molecule has 0 heterocycles. The number of nitrogens with one attached hydrogen (secondary N) is 2. The maximum Gasteiger partial charge on any atom is 0.257 e. The lowest BCUT2D eigenvalue weighted by atomic mass is 10.1. The van der Waals surface area contributed by atoms with Crippen molar-refractivity contribution < 1.29 is 9.53 Å². The number of benzene rings is 2. The van der Waals surface area contributed by atoms with Crippen LogP contribution in [0.25, 0.3) is 0 Å². The van der Waals surface area contributed by atoms with E-state index in [1.54, 1.807) is 66.7 Å². The lowest BCUT2D eigenvalue weighted by Crippen LogP contribution is -2.15. The molecule has 2 N–H and O–H groups in total. The van der Waals surface area contributed by atoms with Gasteiger partial charge in [-0.2, -0.15) is 15.8 Å². The van der Waals surface area contributed by atoms with Crippen molar-refractivity contribution in [3.63, 3.8) is 0 Å². The van der Waals surface area contributed by atoms with E-state index < -0.39 is 5.91 Å². The molecule has 7 nitrogen and oxygen atoms in total. The average molecular weight is 343 g/mol. The molecule has 0 spiro atoms. The Labute approximate surface area is 150 Å². The van der Waals surface area contributed by atoms with E-state index in [-0.39, 0.29) is 16.8 Å². The number of hydrogen-bond donors (Lipinski definition) is 2. The summed E-state index contributed by atoms with van der Waals surface area (Å²) in [5.74, 6) is 0.172. The molecule has 0 aliphatic carbocycles. The van der Waals surface area contributed by atoms with Crippen LogP contribution in [0.5, 0.6) is 5.75 Å². The van der Waals surface area contributed by atoms with E-state index in [1.807, 2.05) is 0 Å². The van der Waals surface area contributed by atoms with Gasteiger partial charge in [0.1, 0.15) is 29.7 Å². The molecule has 26 heavy (non-hydrogen) atoms. The Hall–Kier alpha value is -4.28. The zero-order valence-electron chi connectivity index (χ0n) is 13.8. The first-order chi connectivity index (χ1) is 12.6. The zero-order chi connectivity index (χ0) is 18.9. The van der Waals surface area contributed by atoms with E-state index in [2.05, 4.69) is 10.6 Å². The monoisotopic (exact) mass is 343 g/mol. The molecule has 7 heteroatoms. The summed E-state index contributed by atoms with van der Waals surface area (Å²) in [7, 11) is 1.53. The SMILES string of the molecule is COc1cccc(NC(=O)c2ccccc2NC(C#N)=C(C#N)C#N)c1. The molecule has 0 saturated carbocycles. The Morgan fingerprint density at radius 3 is 2.35 bits per heavy atom. The number of ether oxygens (including phenoxy) is 1. The predicted molar refractivity (Wildman–Crippen MR) is 94.9 cm³/mol. The van der Waals surface area contributed by atoms with Gasteiger partial charge in [-0.25, -0.2) is 0 Å². The number of methoxy groups -OCH3 is 1. The minimum atomic E-state index is -0.422. The number of nitriles is 3. The van der Waals surface area contributed by atoms with Crippen LogP contribution in [0.3, 0.4) is 0 Å². The highest BCUT2D eigenvalue weighted by Crippen LogP contribution is 2.21. The minimum absolute atomic E-state index is 0.225. The molecule has 0 aliphatic rings. The number of nitrogens with zero attached hydrogens (tertiary/aromatic N) is 3. The fourth-order valence-electron chi connectivity index (χ4n) is 2.11. The highest BCUT2D eigenvalue weighted by Gasteiger charge is 2.14. The van der Waals surface area contributed by atoms with Gasteiger partial charge in [-0.1, -0.05) is 18.2 Å². The third-order valence-electron chi connectivity index (χ3n) is 3.34. The maximum atomic E-state index is 12.6. The first-order valence-electron chi connectivity index (χ1n) is 7.39. The molecule has 1 amide bonds. The molecular formula is C19H13N5O2. The van der Waals surface area contributed by atoms with Gasteiger partial charge in [-0.3, -0.25) is 4.79 Å². The first kappa shape index (κ1) is 18.1. The lowest BCUT2D eigenvalue weighted by molar-refractivity contribution is 0.102. The molecule has 0 aromatic heterocycles. The predicted octanol–water partition coefficient (Wildman–Crippen LogP) is 3.18. The van der Waals surface area contributed by atoms with Gasteiger partial charge in [0, 0.05) is 11.8 Å². The quantitative estimate of drug-likeness (QED) is 0.804. The third kappa shape index (κ3) is 4.17. The standard InChI is InChI=1S/C19H13N5O2/c1-26-15-6-4-5-14(9-15)23-19(25)16-7-2-3-8-17(16)24-18(12-22)13(10-20)11-21/h2-9,24H,1H3,(H,23,25). The van der Waals surface area contributed by atoms with Crippen LogP contribution in [-0.2, 0) is 0 Å². The van der Waals surface area contributed by atoms with E-state index in [0.29, 0.717) is 17.1 Å². The highest BCUT2D eigenvalue weighted by molar-refractivity contribution is 6.08. The molecule has 2 aromatic rings. The van der Waals surface area contributed by atoms with Gasteiger partial charge >= 0.3 is 0 Å². The number of rotatable bonds is 5. The summed E-state index contributed by atoms with van der Waals surface area (Å²) in [4.78, 5) is 12.6. The molecule has 0 unspecified atom stereocenters. The van der Waals surface area contributed by atoms with Crippen molar-refractivity contribution in [1.82, 2.24) is 0 Å². The molecule has 0 saturated heterocycles. The Kier molecular flexibility index (Phi) is 5.93. The van der Waals surface area contributed by atoms with E-state index in [1.165, 1.54) is 7.11 Å². The van der Waals surface area contributed by atoms with Crippen LogP contribution in [0.2, 0.25) is 0 Å². The van der Waals surface area contributed by atoms with Gasteiger partial charge in [0.25, 0.3) is 5.91 Å². The second kappa shape index (κ2) is 8.54. The van der Waals surface area contributed by atoms with Crippen LogP contribution in [0.4, 0.5) is 11.4 Å². The Morgan fingerprint density at radius 2 is 1.69 bits per heavy atom. The number of para-hydroxylation sites is 1. The molecule has 0 aliphatic heterocycles. The molecule has 2 aromatic carbocycles. The van der Waals surface area contributed by atoms with Crippen LogP contribution >= 0.6 is 0 Å². The van der Waals surface area contributed by atoms with Crippen LogP contribution in [-0.4, -0.2) is 13.0 Å². The summed E-state index contributed by atoms with van der Waals surface area (Å²) in [5, 5.41) is 32.4. The number of anilines is 2. The summed E-state index contributed by atoms with van der Waals surface area (Å²) in [6.07, 6.45) is 0. The summed E-state index contributed by atoms with van der Waals surface area (Å²) >= 11 is 0. The molecule has 2 rings (SSSR count). The molecule has 126 valence electrons. The van der Waals surface area contributed by atoms with Crippen molar-refractivity contribution >= 4 is 17.3 Å². The summed E-state index contributed by atoms with van der Waals surface area (Å²) < 4.78 is 5.12. The largest absolute Gasteiger partial charge is 0.497 e. The van der Waals surface area contributed by atoms with Gasteiger partial charge in [0.15, 0.2) is 5.57 Å². The Bertz CT molecular complexity index is 974. The molecule has 0 bridgehead atoms. The molecule has 0 fully saturated rings. The summed E-state index contributed by atoms with van der Waals surface area (Å²) in [5.41, 5.74) is 0.493. The van der Waals surface area contributed by atoms with Gasteiger partial charge < -0.3 is 15.4 Å². The summed E-state index contributed by atoms with van der Waals surface area (Å²) in [6, 6.07) is 18.4. The van der Waals surface area contributed by atoms with Gasteiger partial charge in [0.05, 0.1) is 18.4 Å². The fraction of sp³-hybridized carbons (Fsp3) is 0.0526. The summed E-state index contributed by atoms with van der Waals surface area (Å²) in [6.45, 7) is 0. The third-order valence-corrected chi connectivity index (χ3v) is 3.34. The van der Waals surface area contributed by atoms with Crippen molar-refractivity contribution in [1.29, 1.82) is 15.8 Å². The van der Waals surface area contributed by atoms with Crippen molar-refractivity contribution in [2.45, 2.75) is 0 Å². The van der Waals surface area contributed by atoms with E-state index in [9.17, 15) is 4.79 Å². The van der Waals surface area contributed by atoms with E-state index in [4.69, 9.17) is 20.5 Å². The van der Waals surface area contributed by atoms with Gasteiger partial charge in [-0.15, -0.1) is 0 Å². The molecule has 0 atom stereocenters. The van der Waals surface area contributed by atoms with Crippen molar-refractivity contribution in [3.05, 3.63) is 65.4 Å². The minimum Gasteiger partial charge on any atom is -0.497 e. The van der Waals surface area contributed by atoms with Crippen molar-refractivity contribution in [2.75, 3.05) is 17.7 Å². The second-order valence-corrected chi connectivity index (χ2v) is 4.94. The average Bonchev–Trinajstić information content (AvgIpc) is 2.68. The van der Waals surface area contributed by atoms with Gasteiger partial charge in [0.2, 0.25) is 0 Å². The molecule has 0 radical (unpaired) electrons. The zero-order valence-corrected chi connectivity index (χ0v) is 13.8. The topological polar surface area (TPSA) is 122 Å². The fourth-order valence-corrected chi connectivity index (χ4v) is 2.11. The van der Waals surface area contributed by atoms with Crippen LogP contribution in [0.15, 0.2) is 59.8 Å². The number of carbonyl (C=O) groups excluding carboxylic acids is 1. The molecular weight excluding hydrogens is 330 g/mol. The number of allylic oxidation sites excluding steroid dienone is 2. The Balaban J connectivity index is 2.33. The van der Waals surface area contributed by atoms with Crippen LogP contribution < -0.4 is 15.4 Å². The van der Waals surface area contributed by atoms with Crippen molar-refractivity contribution in [2.24, 2.45) is 0 Å². The van der Waals surface area contributed by atoms with Crippen LogP contribution in [0.1, 0.15) is 10.4 Å². The smallest absolute Gasteiger partial charge is 0.257 e. The first-order valence-corrected chi connectivity index (χ1v) is 7.39. The van der Waals surface area contributed by atoms with E-state index in [0.717, 1.165) is 0 Å². The maximum absolute atomic E-state index is 12.6. The van der Waals surface area contributed by atoms with E-state index >= 15 is 0 Å². The second-order valence-electron chi connectivity index (χ2n) is 4.94. The number of amides is 1. The number of carbonyl (C=O) groups is 1. The Morgan fingerprint density at radius 1 is 0.962 bits per heavy atom. The highest BCUT2D eigenvalue weighted by atomic mass is 16.5. The van der Waals surface area contributed by atoms with Crippen LogP contribution in [0, 0.1) is 34.0 Å².